The number of hydrogen-bond donors (Lipinski definition) is 1. The van der Waals surface area contributed by atoms with Crippen LogP contribution < -0.4 is 0 Å². The lowest BCUT2D eigenvalue weighted by Gasteiger charge is -2.33. The molecular formula is C8H16O4S. The van der Waals surface area contributed by atoms with Gasteiger partial charge in [0.05, 0.1) is 19.0 Å². The van der Waals surface area contributed by atoms with E-state index in [1.807, 2.05) is 6.92 Å². The number of ether oxygens (including phenoxy) is 1. The van der Waals surface area contributed by atoms with E-state index >= 15 is 0 Å². The van der Waals surface area contributed by atoms with Gasteiger partial charge in [0.2, 0.25) is 0 Å². The lowest BCUT2D eigenvalue weighted by molar-refractivity contribution is -0.0620. The van der Waals surface area contributed by atoms with Gasteiger partial charge < -0.3 is 4.74 Å². The van der Waals surface area contributed by atoms with Crippen LogP contribution in [0.4, 0.5) is 0 Å². The minimum Gasteiger partial charge on any atom is -0.381 e. The SMILES string of the molecule is CCC(CCS(=O)(=O)O)C1COC1. The molecule has 1 N–H and O–H groups in total. The molecule has 0 amide bonds. The summed E-state index contributed by atoms with van der Waals surface area (Å²) in [4.78, 5) is 0. The molecule has 0 bridgehead atoms. The summed E-state index contributed by atoms with van der Waals surface area (Å²) in [7, 11) is -3.79. The molecule has 1 unspecified atom stereocenters. The molecule has 0 radical (unpaired) electrons. The van der Waals surface area contributed by atoms with E-state index in [0.29, 0.717) is 18.3 Å². The van der Waals surface area contributed by atoms with Crippen LogP contribution in [0.3, 0.4) is 0 Å². The monoisotopic (exact) mass is 208 g/mol. The van der Waals surface area contributed by atoms with Gasteiger partial charge in [-0.25, -0.2) is 0 Å². The van der Waals surface area contributed by atoms with Gasteiger partial charge in [-0.1, -0.05) is 13.3 Å². The molecular weight excluding hydrogens is 192 g/mol. The molecule has 13 heavy (non-hydrogen) atoms. The molecule has 1 fully saturated rings. The Morgan fingerprint density at radius 3 is 2.46 bits per heavy atom. The molecule has 1 atom stereocenters. The van der Waals surface area contributed by atoms with Crippen molar-refractivity contribution < 1.29 is 17.7 Å². The first-order chi connectivity index (χ1) is 6.03. The third kappa shape index (κ3) is 3.62. The molecule has 0 aliphatic carbocycles. The largest absolute Gasteiger partial charge is 0.381 e. The highest BCUT2D eigenvalue weighted by Crippen LogP contribution is 2.26. The van der Waals surface area contributed by atoms with E-state index in [2.05, 4.69) is 0 Å². The van der Waals surface area contributed by atoms with Crippen molar-refractivity contribution >= 4 is 10.1 Å². The molecule has 4 nitrogen and oxygen atoms in total. The predicted octanol–water partition coefficient (Wildman–Crippen LogP) is 0.937. The second kappa shape index (κ2) is 4.39. The first kappa shape index (κ1) is 10.9. The second-order valence-electron chi connectivity index (χ2n) is 3.54. The van der Waals surface area contributed by atoms with Crippen molar-refractivity contribution in [3.63, 3.8) is 0 Å². The first-order valence-corrected chi connectivity index (χ1v) is 6.16. The van der Waals surface area contributed by atoms with Gasteiger partial charge in [-0.05, 0) is 12.3 Å². The fourth-order valence-corrected chi connectivity index (χ4v) is 2.20. The van der Waals surface area contributed by atoms with Crippen molar-refractivity contribution in [3.8, 4) is 0 Å². The summed E-state index contributed by atoms with van der Waals surface area (Å²) in [6.07, 6.45) is 1.49. The summed E-state index contributed by atoms with van der Waals surface area (Å²) < 4.78 is 34.6. The Morgan fingerprint density at radius 2 is 2.15 bits per heavy atom. The summed E-state index contributed by atoms with van der Waals surface area (Å²) in [5, 5.41) is 0. The molecule has 5 heteroatoms. The third-order valence-electron chi connectivity index (χ3n) is 2.60. The summed E-state index contributed by atoms with van der Waals surface area (Å²) >= 11 is 0. The molecule has 0 aromatic heterocycles. The summed E-state index contributed by atoms with van der Waals surface area (Å²) in [5.74, 6) is 0.740. The predicted molar refractivity (Wildman–Crippen MR) is 49.1 cm³/mol. The van der Waals surface area contributed by atoms with Gasteiger partial charge >= 0.3 is 0 Å². The normalized spacial score (nSPS) is 21.1. The van der Waals surface area contributed by atoms with E-state index in [4.69, 9.17) is 9.29 Å². The van der Waals surface area contributed by atoms with Crippen molar-refractivity contribution in [2.24, 2.45) is 11.8 Å². The molecule has 0 spiro atoms. The highest BCUT2D eigenvalue weighted by atomic mass is 32.2. The van der Waals surface area contributed by atoms with Gasteiger partial charge in [0.1, 0.15) is 0 Å². The van der Waals surface area contributed by atoms with Crippen LogP contribution in [0, 0.1) is 11.8 Å². The van der Waals surface area contributed by atoms with Crippen LogP contribution in [-0.4, -0.2) is 31.9 Å². The molecule has 78 valence electrons. The van der Waals surface area contributed by atoms with E-state index in [9.17, 15) is 8.42 Å². The van der Waals surface area contributed by atoms with E-state index < -0.39 is 10.1 Å². The average molecular weight is 208 g/mol. The van der Waals surface area contributed by atoms with E-state index in [-0.39, 0.29) is 5.75 Å². The Morgan fingerprint density at radius 1 is 1.54 bits per heavy atom. The minimum absolute atomic E-state index is 0.123. The highest BCUT2D eigenvalue weighted by Gasteiger charge is 2.27. The molecule has 1 aliphatic rings. The smallest absolute Gasteiger partial charge is 0.264 e. The Labute approximate surface area is 79.0 Å². The lowest BCUT2D eigenvalue weighted by Crippen LogP contribution is -2.35. The molecule has 1 rings (SSSR count). The third-order valence-corrected chi connectivity index (χ3v) is 3.35. The van der Waals surface area contributed by atoms with Crippen LogP contribution in [0.1, 0.15) is 19.8 Å². The van der Waals surface area contributed by atoms with Crippen molar-refractivity contribution in [2.75, 3.05) is 19.0 Å². The van der Waals surface area contributed by atoms with Crippen molar-refractivity contribution in [1.29, 1.82) is 0 Å². The highest BCUT2D eigenvalue weighted by molar-refractivity contribution is 7.85. The zero-order valence-electron chi connectivity index (χ0n) is 7.77. The van der Waals surface area contributed by atoms with Crippen LogP contribution in [0.15, 0.2) is 0 Å². The quantitative estimate of drug-likeness (QED) is 0.683. The van der Waals surface area contributed by atoms with Gasteiger partial charge in [-0.15, -0.1) is 0 Å². The number of hydrogen-bond acceptors (Lipinski definition) is 3. The maximum Gasteiger partial charge on any atom is 0.264 e. The van der Waals surface area contributed by atoms with Crippen LogP contribution >= 0.6 is 0 Å². The standard InChI is InChI=1S/C8H16O4S/c1-2-7(8-5-12-6-8)3-4-13(9,10)11/h7-8H,2-6H2,1H3,(H,9,10,11). The first-order valence-electron chi connectivity index (χ1n) is 4.56. The molecule has 0 aromatic carbocycles. The fraction of sp³-hybridized carbons (Fsp3) is 1.00. The zero-order chi connectivity index (χ0) is 9.90. The van der Waals surface area contributed by atoms with Gasteiger partial charge in [0.15, 0.2) is 0 Å². The van der Waals surface area contributed by atoms with Crippen molar-refractivity contribution in [2.45, 2.75) is 19.8 Å². The van der Waals surface area contributed by atoms with Gasteiger partial charge in [0.25, 0.3) is 10.1 Å². The Kier molecular flexibility index (Phi) is 3.70. The molecule has 1 saturated heterocycles. The maximum absolute atomic E-state index is 10.5. The molecule has 0 aromatic rings. The Bertz CT molecular complexity index is 243. The zero-order valence-corrected chi connectivity index (χ0v) is 8.59. The topological polar surface area (TPSA) is 63.6 Å². The molecule has 1 heterocycles. The maximum atomic E-state index is 10.5. The van der Waals surface area contributed by atoms with Gasteiger partial charge in [-0.3, -0.25) is 4.55 Å². The van der Waals surface area contributed by atoms with Crippen LogP contribution in [0.5, 0.6) is 0 Å². The van der Waals surface area contributed by atoms with E-state index in [0.717, 1.165) is 19.6 Å². The Balaban J connectivity index is 2.31. The van der Waals surface area contributed by atoms with Crippen LogP contribution in [-0.2, 0) is 14.9 Å². The van der Waals surface area contributed by atoms with Crippen LogP contribution in [0.25, 0.3) is 0 Å². The summed E-state index contributed by atoms with van der Waals surface area (Å²) in [5.41, 5.74) is 0. The fourth-order valence-electron chi connectivity index (χ4n) is 1.60. The molecule has 1 aliphatic heterocycles. The average Bonchev–Trinajstić information content (AvgIpc) is 1.91. The minimum atomic E-state index is -3.79. The van der Waals surface area contributed by atoms with Crippen molar-refractivity contribution in [1.82, 2.24) is 0 Å². The van der Waals surface area contributed by atoms with Crippen molar-refractivity contribution in [3.05, 3.63) is 0 Å². The van der Waals surface area contributed by atoms with Gasteiger partial charge in [-0.2, -0.15) is 8.42 Å². The summed E-state index contributed by atoms with van der Waals surface area (Å²) in [6, 6.07) is 0. The van der Waals surface area contributed by atoms with Crippen LogP contribution in [0.2, 0.25) is 0 Å². The van der Waals surface area contributed by atoms with Gasteiger partial charge in [0, 0.05) is 5.92 Å². The van der Waals surface area contributed by atoms with E-state index in [1.54, 1.807) is 0 Å². The summed E-state index contributed by atoms with van der Waals surface area (Å²) in [6.45, 7) is 3.51. The molecule has 0 saturated carbocycles. The number of rotatable bonds is 5. The van der Waals surface area contributed by atoms with E-state index in [1.165, 1.54) is 0 Å². The Hall–Kier alpha value is -0.130. The second-order valence-corrected chi connectivity index (χ2v) is 5.11. The lowest BCUT2D eigenvalue weighted by atomic mass is 9.87.